The van der Waals surface area contributed by atoms with Crippen LogP contribution in [0, 0.1) is 0 Å². The lowest BCUT2D eigenvalue weighted by atomic mass is 10.1. The number of hydrogen-bond acceptors (Lipinski definition) is 6. The SMILES string of the molecule is CC\C=C/C=C\C=C/C=C\C=C\C=C/CCCCCC(=O)OC(COC(=O)CCCCC/C=C\C=C/CCCCCCCCC)COC(=O)CCCCCCC/C=C\CCCCCCCCCCC. The van der Waals surface area contributed by atoms with Crippen LogP contribution < -0.4 is 0 Å². The molecule has 0 N–H and O–H groups in total. The van der Waals surface area contributed by atoms with Gasteiger partial charge < -0.3 is 14.2 Å². The van der Waals surface area contributed by atoms with Crippen molar-refractivity contribution in [1.29, 1.82) is 0 Å². The van der Waals surface area contributed by atoms with Crippen LogP contribution in [0.3, 0.4) is 0 Å². The normalized spacial score (nSPS) is 12.9. The Balaban J connectivity index is 4.53. The zero-order valence-corrected chi connectivity index (χ0v) is 44.8. The van der Waals surface area contributed by atoms with E-state index in [0.29, 0.717) is 19.3 Å². The van der Waals surface area contributed by atoms with Crippen molar-refractivity contribution in [2.45, 2.75) is 258 Å². The highest BCUT2D eigenvalue weighted by atomic mass is 16.6. The second-order valence-corrected chi connectivity index (χ2v) is 18.6. The first kappa shape index (κ1) is 65.1. The van der Waals surface area contributed by atoms with E-state index in [0.717, 1.165) is 89.9 Å². The Bertz CT molecular complexity index is 1420. The van der Waals surface area contributed by atoms with Crippen molar-refractivity contribution in [3.8, 4) is 0 Å². The van der Waals surface area contributed by atoms with Crippen LogP contribution in [0.25, 0.3) is 0 Å². The third kappa shape index (κ3) is 54.9. The van der Waals surface area contributed by atoms with Gasteiger partial charge in [-0.15, -0.1) is 0 Å². The maximum atomic E-state index is 12.8. The maximum absolute atomic E-state index is 12.8. The lowest BCUT2D eigenvalue weighted by Gasteiger charge is -2.18. The summed E-state index contributed by atoms with van der Waals surface area (Å²) in [7, 11) is 0. The van der Waals surface area contributed by atoms with Gasteiger partial charge in [0.2, 0.25) is 0 Å². The van der Waals surface area contributed by atoms with E-state index in [1.165, 1.54) is 116 Å². The Morgan fingerprint density at radius 3 is 0.957 bits per heavy atom. The van der Waals surface area contributed by atoms with E-state index in [1.807, 2.05) is 60.8 Å². The largest absolute Gasteiger partial charge is 0.462 e. The average molecular weight is 958 g/mol. The molecule has 0 saturated carbocycles. The summed E-state index contributed by atoms with van der Waals surface area (Å²) in [5, 5.41) is 0. The fourth-order valence-electron chi connectivity index (χ4n) is 7.64. The summed E-state index contributed by atoms with van der Waals surface area (Å²) in [5.74, 6) is -0.989. The van der Waals surface area contributed by atoms with Crippen LogP contribution in [0.4, 0.5) is 0 Å². The number of carbonyl (C=O) groups is 3. The molecule has 0 aliphatic heterocycles. The second kappa shape index (κ2) is 56.7. The number of ether oxygens (including phenoxy) is 3. The highest BCUT2D eigenvalue weighted by Gasteiger charge is 2.19. The molecule has 0 bridgehead atoms. The van der Waals surface area contributed by atoms with Crippen molar-refractivity contribution in [3.05, 3.63) is 109 Å². The minimum atomic E-state index is -0.818. The summed E-state index contributed by atoms with van der Waals surface area (Å²) in [6.07, 6.45) is 76.5. The number of unbranched alkanes of at least 4 members (excludes halogenated alkanes) is 27. The fraction of sp³-hybridized carbons (Fsp3) is 0.667. The van der Waals surface area contributed by atoms with Crippen molar-refractivity contribution in [1.82, 2.24) is 0 Å². The molecule has 0 fully saturated rings. The zero-order valence-electron chi connectivity index (χ0n) is 44.8. The van der Waals surface area contributed by atoms with E-state index in [9.17, 15) is 14.4 Å². The zero-order chi connectivity index (χ0) is 50.0. The van der Waals surface area contributed by atoms with Crippen LogP contribution in [0.15, 0.2) is 109 Å². The Labute approximate surface area is 425 Å². The van der Waals surface area contributed by atoms with Gasteiger partial charge >= 0.3 is 17.9 Å². The molecule has 0 radical (unpaired) electrons. The van der Waals surface area contributed by atoms with E-state index in [4.69, 9.17) is 14.2 Å². The van der Waals surface area contributed by atoms with Gasteiger partial charge in [0.05, 0.1) is 0 Å². The van der Waals surface area contributed by atoms with Gasteiger partial charge in [-0.2, -0.15) is 0 Å². The number of esters is 3. The predicted molar refractivity (Wildman–Crippen MR) is 297 cm³/mol. The van der Waals surface area contributed by atoms with E-state index < -0.39 is 6.10 Å². The number of carbonyl (C=O) groups excluding carboxylic acids is 3. The van der Waals surface area contributed by atoms with Crippen molar-refractivity contribution in [2.75, 3.05) is 13.2 Å². The molecule has 6 heteroatoms. The fourth-order valence-corrected chi connectivity index (χ4v) is 7.64. The molecule has 0 spiro atoms. The van der Waals surface area contributed by atoms with Gasteiger partial charge in [0.15, 0.2) is 6.10 Å². The standard InChI is InChI=1S/C63H104O6/c1-4-7-10-13-16-19-22-25-28-31-33-35-38-41-44-47-50-53-56-62(65)68-59-60(58-67-61(64)55-52-49-46-43-40-37-34-30-27-24-21-18-15-12-9-6-3)69-63(66)57-54-51-48-45-42-39-36-32-29-26-23-20-17-14-11-8-5-2/h8,11,14,17,20,23,26,29-30,32-37,39-40,42,60H,4-7,9-10,12-13,15-16,18-19,21-22,24-25,27-28,31,38,41,43-59H2,1-3H3/b11-8-,17-14-,23-20-,29-26-,34-30-,35-33-,36-32+,40-37-,42-39-. The molecule has 0 heterocycles. The monoisotopic (exact) mass is 957 g/mol. The summed E-state index contributed by atoms with van der Waals surface area (Å²) in [6.45, 7) is 6.43. The quantitative estimate of drug-likeness (QED) is 0.0199. The van der Waals surface area contributed by atoms with Crippen molar-refractivity contribution < 1.29 is 28.6 Å². The highest BCUT2D eigenvalue weighted by Crippen LogP contribution is 2.14. The van der Waals surface area contributed by atoms with E-state index in [1.54, 1.807) is 0 Å². The molecule has 0 aromatic carbocycles. The van der Waals surface area contributed by atoms with Gasteiger partial charge in [-0.3, -0.25) is 14.4 Å². The highest BCUT2D eigenvalue weighted by molar-refractivity contribution is 5.71. The molecule has 1 atom stereocenters. The van der Waals surface area contributed by atoms with Crippen molar-refractivity contribution >= 4 is 17.9 Å². The number of hydrogen-bond donors (Lipinski definition) is 0. The summed E-state index contributed by atoms with van der Waals surface area (Å²) < 4.78 is 16.8. The van der Waals surface area contributed by atoms with Crippen LogP contribution in [-0.2, 0) is 28.6 Å². The molecule has 0 aromatic rings. The van der Waals surface area contributed by atoms with E-state index >= 15 is 0 Å². The van der Waals surface area contributed by atoms with Gasteiger partial charge in [0.25, 0.3) is 0 Å². The first-order valence-electron chi connectivity index (χ1n) is 28.5. The lowest BCUT2D eigenvalue weighted by molar-refractivity contribution is -0.167. The van der Waals surface area contributed by atoms with Gasteiger partial charge in [-0.05, 0) is 89.9 Å². The smallest absolute Gasteiger partial charge is 0.306 e. The first-order chi connectivity index (χ1) is 34.0. The molecule has 0 aromatic heterocycles. The van der Waals surface area contributed by atoms with Crippen LogP contribution >= 0.6 is 0 Å². The predicted octanol–water partition coefficient (Wildman–Crippen LogP) is 19.1. The average Bonchev–Trinajstić information content (AvgIpc) is 3.35. The molecule has 0 saturated heterocycles. The lowest BCUT2D eigenvalue weighted by Crippen LogP contribution is -2.30. The number of rotatable bonds is 50. The van der Waals surface area contributed by atoms with Gasteiger partial charge in [0.1, 0.15) is 13.2 Å². The Morgan fingerprint density at radius 1 is 0.304 bits per heavy atom. The van der Waals surface area contributed by atoms with Gasteiger partial charge in [-0.1, -0.05) is 252 Å². The first-order valence-corrected chi connectivity index (χ1v) is 28.5. The summed E-state index contributed by atoms with van der Waals surface area (Å²) in [6, 6.07) is 0. The second-order valence-electron chi connectivity index (χ2n) is 18.6. The third-order valence-corrected chi connectivity index (χ3v) is 11.9. The minimum absolute atomic E-state index is 0.111. The van der Waals surface area contributed by atoms with Crippen LogP contribution in [-0.4, -0.2) is 37.2 Å². The Morgan fingerprint density at radius 2 is 0.580 bits per heavy atom. The molecular weight excluding hydrogens is 853 g/mol. The molecule has 0 aliphatic carbocycles. The van der Waals surface area contributed by atoms with E-state index in [-0.39, 0.29) is 37.5 Å². The van der Waals surface area contributed by atoms with Crippen molar-refractivity contribution in [2.24, 2.45) is 0 Å². The molecule has 0 amide bonds. The van der Waals surface area contributed by atoms with Crippen LogP contribution in [0.1, 0.15) is 252 Å². The maximum Gasteiger partial charge on any atom is 0.306 e. The Kier molecular flexibility index (Phi) is 53.4. The topological polar surface area (TPSA) is 78.9 Å². The molecule has 0 rings (SSSR count). The molecule has 69 heavy (non-hydrogen) atoms. The van der Waals surface area contributed by atoms with Crippen molar-refractivity contribution in [3.63, 3.8) is 0 Å². The summed E-state index contributed by atoms with van der Waals surface area (Å²) >= 11 is 0. The minimum Gasteiger partial charge on any atom is -0.462 e. The molecular formula is C63H104O6. The van der Waals surface area contributed by atoms with Crippen LogP contribution in [0.2, 0.25) is 0 Å². The van der Waals surface area contributed by atoms with Crippen LogP contribution in [0.5, 0.6) is 0 Å². The molecule has 6 nitrogen and oxygen atoms in total. The van der Waals surface area contributed by atoms with Gasteiger partial charge in [-0.25, -0.2) is 0 Å². The number of allylic oxidation sites excluding steroid dienone is 18. The van der Waals surface area contributed by atoms with E-state index in [2.05, 4.69) is 69.4 Å². The molecule has 0 aliphatic rings. The third-order valence-electron chi connectivity index (χ3n) is 11.9. The summed E-state index contributed by atoms with van der Waals surface area (Å²) in [5.41, 5.74) is 0. The van der Waals surface area contributed by atoms with Gasteiger partial charge in [0, 0.05) is 19.3 Å². The summed E-state index contributed by atoms with van der Waals surface area (Å²) in [4.78, 5) is 38.1. The molecule has 392 valence electrons. The molecule has 1 unspecified atom stereocenters. The Hall–Kier alpha value is -3.93.